The summed E-state index contributed by atoms with van der Waals surface area (Å²) in [5, 5.41) is 7.01. The van der Waals surface area contributed by atoms with Crippen LogP contribution in [0.3, 0.4) is 0 Å². The molecule has 1 atom stereocenters. The summed E-state index contributed by atoms with van der Waals surface area (Å²) in [4.78, 5) is 27.6. The van der Waals surface area contributed by atoms with E-state index in [9.17, 15) is 4.79 Å². The van der Waals surface area contributed by atoms with Crippen molar-refractivity contribution in [2.24, 2.45) is 0 Å². The van der Waals surface area contributed by atoms with Crippen LogP contribution in [-0.2, 0) is 4.84 Å². The van der Waals surface area contributed by atoms with E-state index >= 15 is 0 Å². The molecule has 2 aromatic heterocycles. The number of hydroxylamine groups is 2. The number of nitrogens with one attached hydrogen (secondary N) is 1. The van der Waals surface area contributed by atoms with Gasteiger partial charge in [0.2, 0.25) is 0 Å². The maximum absolute atomic E-state index is 12.9. The number of hydrogen-bond acceptors (Lipinski definition) is 6. The summed E-state index contributed by atoms with van der Waals surface area (Å²) in [6.45, 7) is 0.500. The molecule has 0 spiro atoms. The highest BCUT2D eigenvalue weighted by Gasteiger charge is 2.31. The van der Waals surface area contributed by atoms with Gasteiger partial charge in [0.1, 0.15) is 17.0 Å². The standard InChI is InChI=1S/C24H19N5O2S/c25-22-21-18(14-32-23(21)27-15-26-22)10-9-16-5-4-8-19(13-16)28-24(30)29-20(11-12-31-29)17-6-2-1-3-7-17/h1-8,13-15,20H,11-12H2,(H,28,30)(H2,25,26,27)/t20-/m0/s1. The molecule has 158 valence electrons. The van der Waals surface area contributed by atoms with Crippen molar-refractivity contribution in [3.63, 3.8) is 0 Å². The van der Waals surface area contributed by atoms with E-state index in [1.165, 1.54) is 22.7 Å². The monoisotopic (exact) mass is 441 g/mol. The Balaban J connectivity index is 1.34. The highest BCUT2D eigenvalue weighted by Crippen LogP contribution is 2.31. The van der Waals surface area contributed by atoms with E-state index < -0.39 is 0 Å². The van der Waals surface area contributed by atoms with Gasteiger partial charge in [-0.3, -0.25) is 4.84 Å². The van der Waals surface area contributed by atoms with Crippen LogP contribution in [0.4, 0.5) is 16.3 Å². The van der Waals surface area contributed by atoms with Crippen LogP contribution in [0.1, 0.15) is 29.2 Å². The number of nitrogens with two attached hydrogens (primary N) is 1. The van der Waals surface area contributed by atoms with E-state index in [-0.39, 0.29) is 12.1 Å². The molecule has 0 aliphatic carbocycles. The molecule has 5 rings (SSSR count). The number of amides is 2. The Hall–Kier alpha value is -3.93. The lowest BCUT2D eigenvalue weighted by Crippen LogP contribution is -2.33. The Morgan fingerprint density at radius 1 is 1.16 bits per heavy atom. The third-order valence-electron chi connectivity index (χ3n) is 5.14. The molecular weight excluding hydrogens is 422 g/mol. The molecule has 2 amide bonds. The van der Waals surface area contributed by atoms with Gasteiger partial charge in [-0.2, -0.15) is 5.06 Å². The number of hydrogen-bond donors (Lipinski definition) is 2. The topological polar surface area (TPSA) is 93.4 Å². The second-order valence-corrected chi connectivity index (χ2v) is 8.08. The molecular formula is C24H19N5O2S. The lowest BCUT2D eigenvalue weighted by Gasteiger charge is -2.23. The zero-order valence-electron chi connectivity index (χ0n) is 17.0. The molecule has 0 unspecified atom stereocenters. The van der Waals surface area contributed by atoms with Gasteiger partial charge < -0.3 is 11.1 Å². The molecule has 0 bridgehead atoms. The lowest BCUT2D eigenvalue weighted by atomic mass is 10.1. The first-order chi connectivity index (χ1) is 15.7. The number of anilines is 2. The minimum absolute atomic E-state index is 0.112. The Bertz CT molecular complexity index is 1340. The van der Waals surface area contributed by atoms with Gasteiger partial charge >= 0.3 is 6.03 Å². The number of benzene rings is 2. The number of nitrogens with zero attached hydrogens (tertiary/aromatic N) is 3. The molecule has 3 heterocycles. The van der Waals surface area contributed by atoms with Crippen molar-refractivity contribution in [1.29, 1.82) is 0 Å². The molecule has 1 saturated heterocycles. The minimum Gasteiger partial charge on any atom is -0.383 e. The Morgan fingerprint density at radius 2 is 2.03 bits per heavy atom. The highest BCUT2D eigenvalue weighted by molar-refractivity contribution is 7.17. The van der Waals surface area contributed by atoms with Crippen LogP contribution < -0.4 is 11.1 Å². The fourth-order valence-corrected chi connectivity index (χ4v) is 4.48. The third-order valence-corrected chi connectivity index (χ3v) is 6.03. The SMILES string of the molecule is Nc1ncnc2scc(C#Cc3cccc(NC(=O)N4OCC[C@H]4c4ccccc4)c3)c12. The van der Waals surface area contributed by atoms with Crippen molar-refractivity contribution in [1.82, 2.24) is 15.0 Å². The number of carbonyl (C=O) groups excluding carboxylic acids is 1. The van der Waals surface area contributed by atoms with Gasteiger partial charge in [-0.15, -0.1) is 11.3 Å². The van der Waals surface area contributed by atoms with Gasteiger partial charge in [0.15, 0.2) is 0 Å². The van der Waals surface area contributed by atoms with Crippen LogP contribution in [-0.4, -0.2) is 27.7 Å². The molecule has 3 N–H and O–H groups in total. The van der Waals surface area contributed by atoms with Crippen LogP contribution in [0.25, 0.3) is 10.2 Å². The molecule has 7 nitrogen and oxygen atoms in total. The predicted octanol–water partition coefficient (Wildman–Crippen LogP) is 4.58. The summed E-state index contributed by atoms with van der Waals surface area (Å²) in [6, 6.07) is 16.8. The summed E-state index contributed by atoms with van der Waals surface area (Å²) < 4.78 is 0. The van der Waals surface area contributed by atoms with Crippen LogP contribution in [0, 0.1) is 11.8 Å². The first-order valence-electron chi connectivity index (χ1n) is 10.1. The van der Waals surface area contributed by atoms with Crippen molar-refractivity contribution >= 4 is 39.1 Å². The van der Waals surface area contributed by atoms with E-state index in [4.69, 9.17) is 10.6 Å². The second kappa shape index (κ2) is 8.67. The normalized spacial score (nSPS) is 15.4. The van der Waals surface area contributed by atoms with Crippen LogP contribution in [0.5, 0.6) is 0 Å². The molecule has 0 radical (unpaired) electrons. The molecule has 32 heavy (non-hydrogen) atoms. The summed E-state index contributed by atoms with van der Waals surface area (Å²) >= 11 is 1.48. The fourth-order valence-electron chi connectivity index (χ4n) is 3.63. The van der Waals surface area contributed by atoms with Crippen molar-refractivity contribution in [3.8, 4) is 11.8 Å². The summed E-state index contributed by atoms with van der Waals surface area (Å²) in [5.74, 6) is 6.69. The van der Waals surface area contributed by atoms with Gasteiger partial charge in [-0.25, -0.2) is 14.8 Å². The number of carbonyl (C=O) groups is 1. The summed E-state index contributed by atoms with van der Waals surface area (Å²) in [5.41, 5.74) is 9.22. The molecule has 8 heteroatoms. The molecule has 2 aromatic carbocycles. The average molecular weight is 442 g/mol. The minimum atomic E-state index is -0.310. The number of rotatable bonds is 2. The lowest BCUT2D eigenvalue weighted by molar-refractivity contribution is -0.0829. The second-order valence-electron chi connectivity index (χ2n) is 7.22. The quantitative estimate of drug-likeness (QED) is 0.444. The van der Waals surface area contributed by atoms with Gasteiger partial charge in [-0.1, -0.05) is 48.2 Å². The van der Waals surface area contributed by atoms with E-state index in [2.05, 4.69) is 27.1 Å². The molecule has 0 saturated carbocycles. The maximum Gasteiger partial charge on any atom is 0.346 e. The zero-order chi connectivity index (χ0) is 21.9. The van der Waals surface area contributed by atoms with Gasteiger partial charge in [0.25, 0.3) is 0 Å². The number of aromatic nitrogens is 2. The largest absolute Gasteiger partial charge is 0.383 e. The third kappa shape index (κ3) is 3.99. The molecule has 1 aliphatic heterocycles. The van der Waals surface area contributed by atoms with Crippen LogP contribution in [0.2, 0.25) is 0 Å². The number of fused-ring (bicyclic) bond motifs is 1. The van der Waals surface area contributed by atoms with Crippen molar-refractivity contribution in [2.75, 3.05) is 17.7 Å². The summed E-state index contributed by atoms with van der Waals surface area (Å²) in [7, 11) is 0. The Labute approximate surface area is 188 Å². The predicted molar refractivity (Wildman–Crippen MR) is 125 cm³/mol. The number of urea groups is 1. The van der Waals surface area contributed by atoms with E-state index in [1.807, 2.05) is 60.0 Å². The van der Waals surface area contributed by atoms with Crippen molar-refractivity contribution in [3.05, 3.63) is 83.0 Å². The highest BCUT2D eigenvalue weighted by atomic mass is 32.1. The number of nitrogen functional groups attached to an aromatic ring is 1. The van der Waals surface area contributed by atoms with Crippen LogP contribution >= 0.6 is 11.3 Å². The molecule has 1 aliphatic rings. The number of thiophene rings is 1. The first-order valence-corrected chi connectivity index (χ1v) is 10.9. The van der Waals surface area contributed by atoms with Crippen LogP contribution in [0.15, 0.2) is 66.3 Å². The maximum atomic E-state index is 12.9. The van der Waals surface area contributed by atoms with Gasteiger partial charge in [-0.05, 0) is 23.8 Å². The van der Waals surface area contributed by atoms with Crippen molar-refractivity contribution < 1.29 is 9.63 Å². The molecule has 1 fully saturated rings. The zero-order valence-corrected chi connectivity index (χ0v) is 17.8. The van der Waals surface area contributed by atoms with Gasteiger partial charge in [0.05, 0.1) is 18.0 Å². The van der Waals surface area contributed by atoms with E-state index in [0.717, 1.165) is 33.3 Å². The first kappa shape index (κ1) is 20.0. The van der Waals surface area contributed by atoms with E-state index in [1.54, 1.807) is 0 Å². The smallest absolute Gasteiger partial charge is 0.346 e. The summed E-state index contributed by atoms with van der Waals surface area (Å²) in [6.07, 6.45) is 2.20. The van der Waals surface area contributed by atoms with Gasteiger partial charge in [0, 0.05) is 28.6 Å². The van der Waals surface area contributed by atoms with E-state index in [0.29, 0.717) is 18.1 Å². The van der Waals surface area contributed by atoms with Crippen molar-refractivity contribution in [2.45, 2.75) is 12.5 Å². The average Bonchev–Trinajstić information content (AvgIpc) is 3.47. The Morgan fingerprint density at radius 3 is 2.91 bits per heavy atom. The Kier molecular flexibility index (Phi) is 5.42. The fraction of sp³-hybridized carbons (Fsp3) is 0.125. The molecule has 4 aromatic rings.